The first kappa shape index (κ1) is 20.0. The number of aryl methyl sites for hydroxylation is 1. The summed E-state index contributed by atoms with van der Waals surface area (Å²) in [5.74, 6) is -1.11. The fourth-order valence-corrected chi connectivity index (χ4v) is 6.10. The summed E-state index contributed by atoms with van der Waals surface area (Å²) in [7, 11) is -3.70. The molecule has 2 aromatic rings. The molecule has 1 aromatic heterocycles. The molecule has 0 N–H and O–H groups in total. The summed E-state index contributed by atoms with van der Waals surface area (Å²) in [5, 5.41) is 0. The first-order chi connectivity index (χ1) is 12.6. The number of carbonyl (C=O) groups is 1. The third kappa shape index (κ3) is 4.25. The smallest absolute Gasteiger partial charge is 0.294 e. The topological polar surface area (TPSA) is 54.5 Å². The van der Waals surface area contributed by atoms with E-state index < -0.39 is 33.5 Å². The standard InChI is InChI=1S/C18H18F3NO3S2/c1-12-7-8-16(26-12)27(24,25)22-9-3-5-14(11-22)17(23)13-4-2-6-15(10-13)18(19,20)21/h2,4,6-8,10,14H,3,5,9,11H2,1H3/t14-/m1/s1. The quantitative estimate of drug-likeness (QED) is 0.695. The summed E-state index contributed by atoms with van der Waals surface area (Å²) in [4.78, 5) is 13.6. The highest BCUT2D eigenvalue weighted by Gasteiger charge is 2.35. The fourth-order valence-electron chi connectivity index (χ4n) is 3.14. The van der Waals surface area contributed by atoms with Crippen molar-refractivity contribution in [2.75, 3.05) is 13.1 Å². The summed E-state index contributed by atoms with van der Waals surface area (Å²) in [5.41, 5.74) is -0.927. The first-order valence-electron chi connectivity index (χ1n) is 8.37. The average Bonchev–Trinajstić information content (AvgIpc) is 3.08. The molecule has 1 atom stereocenters. The van der Waals surface area contributed by atoms with Crippen molar-refractivity contribution in [1.29, 1.82) is 0 Å². The van der Waals surface area contributed by atoms with Gasteiger partial charge in [0.2, 0.25) is 0 Å². The van der Waals surface area contributed by atoms with Crippen LogP contribution in [0.15, 0.2) is 40.6 Å². The van der Waals surface area contributed by atoms with Gasteiger partial charge in [-0.25, -0.2) is 8.42 Å². The molecule has 1 aliphatic heterocycles. The van der Waals surface area contributed by atoms with Gasteiger partial charge in [-0.3, -0.25) is 4.79 Å². The van der Waals surface area contributed by atoms with Crippen LogP contribution in [0.5, 0.6) is 0 Å². The van der Waals surface area contributed by atoms with Crippen molar-refractivity contribution >= 4 is 27.1 Å². The molecular formula is C18H18F3NO3S2. The van der Waals surface area contributed by atoms with Gasteiger partial charge in [-0.05, 0) is 44.0 Å². The molecule has 3 rings (SSSR count). The summed E-state index contributed by atoms with van der Waals surface area (Å²) in [6, 6.07) is 7.53. The maximum atomic E-state index is 12.9. The number of hydrogen-bond donors (Lipinski definition) is 0. The van der Waals surface area contributed by atoms with Crippen molar-refractivity contribution in [2.24, 2.45) is 5.92 Å². The number of hydrogen-bond acceptors (Lipinski definition) is 4. The second kappa shape index (κ2) is 7.37. The SMILES string of the molecule is Cc1ccc(S(=O)(=O)N2CCC[C@@H](C(=O)c3cccc(C(F)(F)F)c3)C2)s1. The molecule has 9 heteroatoms. The minimum absolute atomic E-state index is 0.0195. The van der Waals surface area contributed by atoms with Crippen LogP contribution in [0.3, 0.4) is 0 Å². The van der Waals surface area contributed by atoms with Gasteiger partial charge in [0.1, 0.15) is 4.21 Å². The second-order valence-corrected chi connectivity index (χ2v) is 9.96. The lowest BCUT2D eigenvalue weighted by Crippen LogP contribution is -2.42. The van der Waals surface area contributed by atoms with Gasteiger partial charge in [0.05, 0.1) is 5.56 Å². The number of halogens is 3. The first-order valence-corrected chi connectivity index (χ1v) is 10.6. The summed E-state index contributed by atoms with van der Waals surface area (Å²) >= 11 is 1.16. The van der Waals surface area contributed by atoms with Crippen LogP contribution in [0.4, 0.5) is 13.2 Å². The molecule has 27 heavy (non-hydrogen) atoms. The summed E-state index contributed by atoms with van der Waals surface area (Å²) in [6.45, 7) is 2.08. The Morgan fingerprint density at radius 1 is 1.22 bits per heavy atom. The van der Waals surface area contributed by atoms with E-state index >= 15 is 0 Å². The van der Waals surface area contributed by atoms with Crippen molar-refractivity contribution in [2.45, 2.75) is 30.2 Å². The molecule has 1 fully saturated rings. The van der Waals surface area contributed by atoms with E-state index in [0.29, 0.717) is 19.4 Å². The number of rotatable bonds is 4. The van der Waals surface area contributed by atoms with Gasteiger partial charge in [-0.1, -0.05) is 12.1 Å². The van der Waals surface area contributed by atoms with Gasteiger partial charge in [0.25, 0.3) is 10.0 Å². The maximum Gasteiger partial charge on any atom is 0.416 e. The van der Waals surface area contributed by atoms with E-state index in [0.717, 1.165) is 28.3 Å². The number of carbonyl (C=O) groups excluding carboxylic acids is 1. The lowest BCUT2D eigenvalue weighted by Gasteiger charge is -2.30. The van der Waals surface area contributed by atoms with Crippen molar-refractivity contribution in [1.82, 2.24) is 4.31 Å². The number of sulfonamides is 1. The Kier molecular flexibility index (Phi) is 5.47. The molecular weight excluding hydrogens is 399 g/mol. The molecule has 146 valence electrons. The molecule has 0 bridgehead atoms. The highest BCUT2D eigenvalue weighted by molar-refractivity contribution is 7.91. The number of Topliss-reactive ketones (excluding diaryl/α,β-unsaturated/α-hetero) is 1. The van der Waals surface area contributed by atoms with E-state index in [1.165, 1.54) is 22.5 Å². The molecule has 1 saturated heterocycles. The van der Waals surface area contributed by atoms with E-state index in [-0.39, 0.29) is 16.3 Å². The maximum absolute atomic E-state index is 12.9. The lowest BCUT2D eigenvalue weighted by molar-refractivity contribution is -0.137. The van der Waals surface area contributed by atoms with Gasteiger partial charge in [0, 0.05) is 29.4 Å². The molecule has 0 amide bonds. The number of thiophene rings is 1. The van der Waals surface area contributed by atoms with Gasteiger partial charge in [0.15, 0.2) is 5.78 Å². The number of benzene rings is 1. The minimum atomic E-state index is -4.53. The van der Waals surface area contributed by atoms with Crippen molar-refractivity contribution in [3.8, 4) is 0 Å². The summed E-state index contributed by atoms with van der Waals surface area (Å²) < 4.78 is 65.7. The predicted octanol–water partition coefficient (Wildman–Crippen LogP) is 4.36. The average molecular weight is 417 g/mol. The lowest BCUT2D eigenvalue weighted by atomic mass is 9.90. The predicted molar refractivity (Wildman–Crippen MR) is 96.3 cm³/mol. The number of nitrogens with zero attached hydrogens (tertiary/aromatic N) is 1. The highest BCUT2D eigenvalue weighted by atomic mass is 32.2. The van der Waals surface area contributed by atoms with Crippen LogP contribution < -0.4 is 0 Å². The van der Waals surface area contributed by atoms with E-state index in [1.54, 1.807) is 13.0 Å². The van der Waals surface area contributed by atoms with E-state index in [2.05, 4.69) is 0 Å². The molecule has 4 nitrogen and oxygen atoms in total. The van der Waals surface area contributed by atoms with Crippen LogP contribution in [-0.4, -0.2) is 31.6 Å². The third-order valence-corrected chi connectivity index (χ3v) is 7.87. The zero-order valence-corrected chi connectivity index (χ0v) is 16.1. The Bertz CT molecular complexity index is 951. The number of alkyl halides is 3. The normalized spacial score (nSPS) is 19.2. The van der Waals surface area contributed by atoms with Gasteiger partial charge >= 0.3 is 6.18 Å². The van der Waals surface area contributed by atoms with Gasteiger partial charge in [-0.2, -0.15) is 17.5 Å². The molecule has 1 aliphatic rings. The van der Waals surface area contributed by atoms with Gasteiger partial charge < -0.3 is 0 Å². The highest BCUT2D eigenvalue weighted by Crippen LogP contribution is 2.32. The van der Waals surface area contributed by atoms with Crippen molar-refractivity contribution in [3.63, 3.8) is 0 Å². The fraction of sp³-hybridized carbons (Fsp3) is 0.389. The molecule has 0 saturated carbocycles. The van der Waals surface area contributed by atoms with Crippen LogP contribution >= 0.6 is 11.3 Å². The summed E-state index contributed by atoms with van der Waals surface area (Å²) in [6.07, 6.45) is -3.60. The largest absolute Gasteiger partial charge is 0.416 e. The molecule has 0 aliphatic carbocycles. The van der Waals surface area contributed by atoms with Crippen LogP contribution in [0.25, 0.3) is 0 Å². The zero-order chi connectivity index (χ0) is 19.8. The molecule has 2 heterocycles. The van der Waals surface area contributed by atoms with E-state index in [9.17, 15) is 26.4 Å². The van der Waals surface area contributed by atoms with Crippen molar-refractivity contribution < 1.29 is 26.4 Å². The Morgan fingerprint density at radius 2 is 1.96 bits per heavy atom. The number of ketones is 1. The molecule has 1 aromatic carbocycles. The molecule has 0 radical (unpaired) electrons. The minimum Gasteiger partial charge on any atom is -0.294 e. The number of piperidine rings is 1. The van der Waals surface area contributed by atoms with Gasteiger partial charge in [-0.15, -0.1) is 11.3 Å². The van der Waals surface area contributed by atoms with Crippen LogP contribution in [0.2, 0.25) is 0 Å². The Balaban J connectivity index is 1.81. The Labute approximate surface area is 159 Å². The van der Waals surface area contributed by atoms with Crippen LogP contribution in [-0.2, 0) is 16.2 Å². The van der Waals surface area contributed by atoms with Crippen LogP contribution in [0, 0.1) is 12.8 Å². The Hall–Kier alpha value is -1.71. The monoisotopic (exact) mass is 417 g/mol. The molecule has 0 unspecified atom stereocenters. The van der Waals surface area contributed by atoms with Crippen molar-refractivity contribution in [3.05, 3.63) is 52.4 Å². The third-order valence-electron chi connectivity index (χ3n) is 4.54. The van der Waals surface area contributed by atoms with E-state index in [1.807, 2.05) is 0 Å². The van der Waals surface area contributed by atoms with E-state index in [4.69, 9.17) is 0 Å². The molecule has 0 spiro atoms. The Morgan fingerprint density at radius 3 is 2.59 bits per heavy atom. The van der Waals surface area contributed by atoms with Crippen LogP contribution in [0.1, 0.15) is 33.6 Å². The zero-order valence-electron chi connectivity index (χ0n) is 14.5. The second-order valence-electron chi connectivity index (χ2n) is 6.51.